The second-order valence-corrected chi connectivity index (χ2v) is 5.67. The molecule has 5 heteroatoms. The van der Waals surface area contributed by atoms with E-state index in [1.54, 1.807) is 0 Å². The maximum absolute atomic E-state index is 11.7. The molecule has 18 heavy (non-hydrogen) atoms. The fourth-order valence-corrected chi connectivity index (χ4v) is 2.35. The van der Waals surface area contributed by atoms with Gasteiger partial charge in [0.25, 0.3) is 0 Å². The minimum absolute atomic E-state index is 0.174. The Hall–Kier alpha value is -1.26. The summed E-state index contributed by atoms with van der Waals surface area (Å²) in [6, 6.07) is -0.211. The number of hydrogen-bond acceptors (Lipinski definition) is 2. The quantitative estimate of drug-likeness (QED) is 0.721. The molecule has 1 saturated carbocycles. The fraction of sp³-hybridized carbons (Fsp3) is 0.846. The first-order valence-corrected chi connectivity index (χ1v) is 6.67. The van der Waals surface area contributed by atoms with Crippen molar-refractivity contribution in [3.05, 3.63) is 0 Å². The van der Waals surface area contributed by atoms with Gasteiger partial charge in [-0.1, -0.05) is 26.2 Å². The number of amides is 2. The largest absolute Gasteiger partial charge is 0.480 e. The number of aliphatic carboxylic acids is 1. The van der Waals surface area contributed by atoms with Gasteiger partial charge in [0, 0.05) is 6.04 Å². The molecule has 2 amide bonds. The van der Waals surface area contributed by atoms with Crippen LogP contribution in [0.25, 0.3) is 0 Å². The van der Waals surface area contributed by atoms with Crippen molar-refractivity contribution >= 4 is 12.0 Å². The molecule has 0 bridgehead atoms. The highest BCUT2D eigenvalue weighted by molar-refractivity contribution is 5.85. The average Bonchev–Trinajstić information content (AvgIpc) is 2.28. The van der Waals surface area contributed by atoms with Gasteiger partial charge in [-0.2, -0.15) is 0 Å². The van der Waals surface area contributed by atoms with Crippen molar-refractivity contribution in [2.75, 3.05) is 0 Å². The van der Waals surface area contributed by atoms with E-state index >= 15 is 0 Å². The minimum Gasteiger partial charge on any atom is -0.480 e. The number of carboxylic acid groups (broad SMARTS) is 1. The number of carbonyl (C=O) groups excluding carboxylic acids is 1. The van der Waals surface area contributed by atoms with Crippen LogP contribution >= 0.6 is 0 Å². The zero-order valence-electron chi connectivity index (χ0n) is 11.5. The molecule has 0 heterocycles. The summed E-state index contributed by atoms with van der Waals surface area (Å²) in [7, 11) is 0. The summed E-state index contributed by atoms with van der Waals surface area (Å²) >= 11 is 0. The lowest BCUT2D eigenvalue weighted by atomic mass is 9.84. The van der Waals surface area contributed by atoms with E-state index in [9.17, 15) is 9.59 Å². The van der Waals surface area contributed by atoms with Gasteiger partial charge in [0.05, 0.1) is 0 Å². The van der Waals surface area contributed by atoms with Gasteiger partial charge in [0.15, 0.2) is 0 Å². The van der Waals surface area contributed by atoms with Gasteiger partial charge in [-0.05, 0) is 32.6 Å². The summed E-state index contributed by atoms with van der Waals surface area (Å²) in [5.74, 6) is -0.357. The zero-order valence-corrected chi connectivity index (χ0v) is 11.5. The molecule has 5 nitrogen and oxygen atoms in total. The lowest BCUT2D eigenvalue weighted by Crippen LogP contribution is -2.55. The van der Waals surface area contributed by atoms with Crippen LogP contribution in [0.1, 0.15) is 52.9 Å². The molecular formula is C13H24N2O3. The second-order valence-electron chi connectivity index (χ2n) is 5.67. The van der Waals surface area contributed by atoms with E-state index in [1.807, 2.05) is 0 Å². The molecule has 1 rings (SSSR count). The smallest absolute Gasteiger partial charge is 0.328 e. The molecule has 0 aromatic carbocycles. The summed E-state index contributed by atoms with van der Waals surface area (Å²) in [4.78, 5) is 22.6. The van der Waals surface area contributed by atoms with Crippen LogP contribution in [-0.4, -0.2) is 28.7 Å². The minimum atomic E-state index is -1.23. The summed E-state index contributed by atoms with van der Waals surface area (Å²) in [6.07, 6.45) is 5.48. The van der Waals surface area contributed by atoms with Crippen LogP contribution in [0.3, 0.4) is 0 Å². The van der Waals surface area contributed by atoms with Crippen molar-refractivity contribution in [1.29, 1.82) is 0 Å². The van der Waals surface area contributed by atoms with Crippen LogP contribution < -0.4 is 10.6 Å². The lowest BCUT2D eigenvalue weighted by molar-refractivity contribution is -0.142. The van der Waals surface area contributed by atoms with Crippen LogP contribution in [0.15, 0.2) is 0 Å². The van der Waals surface area contributed by atoms with Crippen molar-refractivity contribution in [3.8, 4) is 0 Å². The Balaban J connectivity index is 2.42. The molecular weight excluding hydrogens is 232 g/mol. The Morgan fingerprint density at radius 1 is 1.33 bits per heavy atom. The highest BCUT2D eigenvalue weighted by Crippen LogP contribution is 2.26. The topological polar surface area (TPSA) is 78.4 Å². The molecule has 0 aromatic heterocycles. The zero-order chi connectivity index (χ0) is 13.8. The molecule has 0 aromatic rings. The van der Waals surface area contributed by atoms with E-state index in [4.69, 9.17) is 5.11 Å². The van der Waals surface area contributed by atoms with Crippen molar-refractivity contribution in [2.45, 2.75) is 64.5 Å². The maximum atomic E-state index is 11.7. The Morgan fingerprint density at radius 2 is 2.00 bits per heavy atom. The standard InChI is InChI=1S/C13H24N2O3/c1-4-9-6-5-7-10(8-9)14-12(18)15-13(2,3)11(16)17/h9-10H,4-8H2,1-3H3,(H,16,17)(H2,14,15,18). The van der Waals surface area contributed by atoms with Crippen molar-refractivity contribution in [1.82, 2.24) is 10.6 Å². The van der Waals surface area contributed by atoms with E-state index in [0.29, 0.717) is 5.92 Å². The van der Waals surface area contributed by atoms with Gasteiger partial charge in [0.2, 0.25) is 0 Å². The third-order valence-electron chi connectivity index (χ3n) is 3.66. The van der Waals surface area contributed by atoms with Gasteiger partial charge in [-0.15, -0.1) is 0 Å². The van der Waals surface area contributed by atoms with Crippen LogP contribution in [0, 0.1) is 5.92 Å². The lowest BCUT2D eigenvalue weighted by Gasteiger charge is -2.30. The van der Waals surface area contributed by atoms with Crippen LogP contribution in [-0.2, 0) is 4.79 Å². The molecule has 0 spiro atoms. The molecule has 2 atom stereocenters. The normalized spacial score (nSPS) is 24.4. The van der Waals surface area contributed by atoms with E-state index in [0.717, 1.165) is 25.7 Å². The SMILES string of the molecule is CCC1CCCC(NC(=O)NC(C)(C)C(=O)O)C1. The Kier molecular flexibility index (Phi) is 4.99. The Morgan fingerprint density at radius 3 is 2.56 bits per heavy atom. The molecule has 0 saturated heterocycles. The molecule has 1 fully saturated rings. The summed E-state index contributed by atoms with van der Waals surface area (Å²) in [5, 5.41) is 14.3. The second kappa shape index (κ2) is 6.07. The Bertz CT molecular complexity index is 315. The van der Waals surface area contributed by atoms with Gasteiger partial charge in [-0.25, -0.2) is 9.59 Å². The summed E-state index contributed by atoms with van der Waals surface area (Å²) < 4.78 is 0. The number of nitrogens with one attached hydrogen (secondary N) is 2. The number of rotatable bonds is 4. The predicted octanol–water partition coefficient (Wildman–Crippen LogP) is 2.12. The molecule has 2 unspecified atom stereocenters. The van der Waals surface area contributed by atoms with Gasteiger partial charge in [0.1, 0.15) is 5.54 Å². The van der Waals surface area contributed by atoms with E-state index in [2.05, 4.69) is 17.6 Å². The molecule has 104 valence electrons. The summed E-state index contributed by atoms with van der Waals surface area (Å²) in [5.41, 5.74) is -1.23. The molecule has 0 radical (unpaired) electrons. The highest BCUT2D eigenvalue weighted by Gasteiger charge is 2.30. The molecule has 1 aliphatic carbocycles. The van der Waals surface area contributed by atoms with Crippen LogP contribution in [0.5, 0.6) is 0 Å². The van der Waals surface area contributed by atoms with Gasteiger partial charge < -0.3 is 15.7 Å². The number of hydrogen-bond donors (Lipinski definition) is 3. The van der Waals surface area contributed by atoms with Crippen LogP contribution in [0.2, 0.25) is 0 Å². The number of carboxylic acids is 1. The first kappa shape index (κ1) is 14.8. The monoisotopic (exact) mass is 256 g/mol. The number of urea groups is 1. The van der Waals surface area contributed by atoms with Crippen molar-refractivity contribution < 1.29 is 14.7 Å². The summed E-state index contributed by atoms with van der Waals surface area (Å²) in [6.45, 7) is 5.12. The predicted molar refractivity (Wildman–Crippen MR) is 69.4 cm³/mol. The first-order chi connectivity index (χ1) is 8.35. The van der Waals surface area contributed by atoms with E-state index < -0.39 is 11.5 Å². The van der Waals surface area contributed by atoms with Crippen molar-refractivity contribution in [2.24, 2.45) is 5.92 Å². The van der Waals surface area contributed by atoms with E-state index in [-0.39, 0.29) is 12.1 Å². The maximum Gasteiger partial charge on any atom is 0.328 e. The van der Waals surface area contributed by atoms with Crippen LogP contribution in [0.4, 0.5) is 4.79 Å². The third-order valence-corrected chi connectivity index (χ3v) is 3.66. The fourth-order valence-electron chi connectivity index (χ4n) is 2.35. The molecule has 0 aliphatic heterocycles. The molecule has 3 N–H and O–H groups in total. The Labute approximate surface area is 108 Å². The average molecular weight is 256 g/mol. The van der Waals surface area contributed by atoms with Gasteiger partial charge in [-0.3, -0.25) is 0 Å². The van der Waals surface area contributed by atoms with Crippen molar-refractivity contribution in [3.63, 3.8) is 0 Å². The van der Waals surface area contributed by atoms with E-state index in [1.165, 1.54) is 20.3 Å². The highest BCUT2D eigenvalue weighted by atomic mass is 16.4. The first-order valence-electron chi connectivity index (χ1n) is 6.67. The van der Waals surface area contributed by atoms with Gasteiger partial charge >= 0.3 is 12.0 Å². The third kappa shape index (κ3) is 4.20. The molecule has 1 aliphatic rings. The number of carbonyl (C=O) groups is 2.